The van der Waals surface area contributed by atoms with Crippen LogP contribution in [0.2, 0.25) is 0 Å². The molecule has 10 nitrogen and oxygen atoms in total. The number of nitrogen functional groups attached to an aromatic ring is 1. The zero-order chi connectivity index (χ0) is 19.7. The van der Waals surface area contributed by atoms with E-state index in [0.29, 0.717) is 48.5 Å². The fourth-order valence-corrected chi connectivity index (χ4v) is 3.35. The zero-order valence-electron chi connectivity index (χ0n) is 16.1. The fourth-order valence-electron chi connectivity index (χ4n) is 3.35. The van der Waals surface area contributed by atoms with E-state index in [0.717, 1.165) is 17.8 Å². The van der Waals surface area contributed by atoms with Crippen LogP contribution in [-0.2, 0) is 11.3 Å². The first kappa shape index (κ1) is 18.2. The molecule has 1 unspecified atom stereocenters. The minimum atomic E-state index is -0.206. The van der Waals surface area contributed by atoms with E-state index in [1.54, 1.807) is 32.7 Å². The Kier molecular flexibility index (Phi) is 4.86. The van der Waals surface area contributed by atoms with Gasteiger partial charge in [0, 0.05) is 24.5 Å². The number of nitrogens with two attached hydrogens (primary N) is 1. The molecule has 1 atom stereocenters. The first-order chi connectivity index (χ1) is 13.6. The van der Waals surface area contributed by atoms with E-state index in [-0.39, 0.29) is 6.10 Å². The van der Waals surface area contributed by atoms with Crippen molar-refractivity contribution in [2.45, 2.75) is 19.6 Å². The Bertz CT molecular complexity index is 991. The van der Waals surface area contributed by atoms with Gasteiger partial charge in [0.25, 0.3) is 0 Å². The van der Waals surface area contributed by atoms with Gasteiger partial charge in [-0.25, -0.2) is 4.98 Å². The summed E-state index contributed by atoms with van der Waals surface area (Å²) in [5.41, 5.74) is 6.92. The number of methoxy groups -OCH3 is 2. The third-order valence-corrected chi connectivity index (χ3v) is 4.84. The second kappa shape index (κ2) is 7.47. The summed E-state index contributed by atoms with van der Waals surface area (Å²) in [6.45, 7) is 4.59. The Balaban J connectivity index is 1.68. The summed E-state index contributed by atoms with van der Waals surface area (Å²) < 4.78 is 18.6. The van der Waals surface area contributed by atoms with E-state index in [9.17, 15) is 0 Å². The van der Waals surface area contributed by atoms with Crippen molar-refractivity contribution < 1.29 is 14.2 Å². The van der Waals surface area contributed by atoms with E-state index in [1.165, 1.54) is 0 Å². The maximum atomic E-state index is 6.22. The van der Waals surface area contributed by atoms with E-state index >= 15 is 0 Å². The van der Waals surface area contributed by atoms with E-state index < -0.39 is 0 Å². The summed E-state index contributed by atoms with van der Waals surface area (Å²) in [6, 6.07) is 3.60. The Hall–Kier alpha value is -3.14. The van der Waals surface area contributed by atoms with Crippen molar-refractivity contribution in [2.24, 2.45) is 0 Å². The van der Waals surface area contributed by atoms with Gasteiger partial charge < -0.3 is 29.4 Å². The highest BCUT2D eigenvalue weighted by atomic mass is 16.5. The Morgan fingerprint density at radius 2 is 2.00 bits per heavy atom. The van der Waals surface area contributed by atoms with Crippen LogP contribution in [0.25, 0.3) is 10.9 Å². The molecule has 0 radical (unpaired) electrons. The van der Waals surface area contributed by atoms with Crippen molar-refractivity contribution in [1.82, 2.24) is 24.7 Å². The van der Waals surface area contributed by atoms with Gasteiger partial charge in [-0.1, -0.05) is 0 Å². The molecule has 10 heteroatoms. The van der Waals surface area contributed by atoms with Crippen molar-refractivity contribution in [3.05, 3.63) is 24.3 Å². The summed E-state index contributed by atoms with van der Waals surface area (Å²) in [5, 5.41) is 8.93. The zero-order valence-corrected chi connectivity index (χ0v) is 16.1. The van der Waals surface area contributed by atoms with Gasteiger partial charge >= 0.3 is 0 Å². The van der Waals surface area contributed by atoms with E-state index in [4.69, 9.17) is 24.9 Å². The average Bonchev–Trinajstić information content (AvgIpc) is 3.21. The van der Waals surface area contributed by atoms with Crippen LogP contribution >= 0.6 is 0 Å². The molecule has 0 aliphatic carbocycles. The van der Waals surface area contributed by atoms with E-state index in [2.05, 4.69) is 20.1 Å². The Morgan fingerprint density at radius 3 is 2.75 bits per heavy atom. The van der Waals surface area contributed by atoms with Gasteiger partial charge in [-0.3, -0.25) is 0 Å². The number of fused-ring (bicyclic) bond motifs is 1. The highest BCUT2D eigenvalue weighted by molar-refractivity contribution is 5.91. The number of anilines is 2. The number of ether oxygens (including phenoxy) is 3. The molecule has 3 aromatic rings. The molecule has 0 spiro atoms. The fraction of sp³-hybridized carbons (Fsp3) is 0.444. The molecule has 0 saturated carbocycles. The lowest BCUT2D eigenvalue weighted by molar-refractivity contribution is 0.0311. The molecule has 1 aliphatic rings. The maximum Gasteiger partial charge on any atom is 0.228 e. The largest absolute Gasteiger partial charge is 0.493 e. The predicted molar refractivity (Wildman–Crippen MR) is 104 cm³/mol. The minimum absolute atomic E-state index is 0.206. The second-order valence-electron chi connectivity index (χ2n) is 6.41. The van der Waals surface area contributed by atoms with Crippen molar-refractivity contribution in [2.75, 3.05) is 44.5 Å². The number of hydrogen-bond acceptors (Lipinski definition) is 9. The molecule has 1 aromatic carbocycles. The van der Waals surface area contributed by atoms with Crippen LogP contribution in [0.1, 0.15) is 18.9 Å². The lowest BCUT2D eigenvalue weighted by atomic mass is 10.2. The van der Waals surface area contributed by atoms with Crippen LogP contribution in [0.15, 0.2) is 18.5 Å². The third kappa shape index (κ3) is 3.15. The lowest BCUT2D eigenvalue weighted by Gasteiger charge is -2.32. The van der Waals surface area contributed by atoms with Gasteiger partial charge in [0.15, 0.2) is 17.3 Å². The molecule has 1 aliphatic heterocycles. The highest BCUT2D eigenvalue weighted by Gasteiger charge is 2.28. The smallest absolute Gasteiger partial charge is 0.228 e. The SMILES string of the molecule is CCn1cnnc1C1CN(c2nc(N)c3cc(OC)c(OC)cc3n2)CCO1. The van der Waals surface area contributed by atoms with Crippen LogP contribution in [0.3, 0.4) is 0 Å². The molecule has 1 saturated heterocycles. The summed E-state index contributed by atoms with van der Waals surface area (Å²) in [7, 11) is 3.17. The minimum Gasteiger partial charge on any atom is -0.493 e. The number of morpholine rings is 1. The van der Waals surface area contributed by atoms with Crippen molar-refractivity contribution in [3.8, 4) is 11.5 Å². The van der Waals surface area contributed by atoms with Gasteiger partial charge in [-0.05, 0) is 13.0 Å². The molecule has 148 valence electrons. The number of nitrogens with zero attached hydrogens (tertiary/aromatic N) is 6. The normalized spacial score (nSPS) is 17.1. The molecule has 0 bridgehead atoms. The van der Waals surface area contributed by atoms with Crippen LogP contribution in [-0.4, -0.2) is 58.6 Å². The van der Waals surface area contributed by atoms with Crippen LogP contribution < -0.4 is 20.1 Å². The molecule has 4 rings (SSSR count). The monoisotopic (exact) mass is 385 g/mol. The third-order valence-electron chi connectivity index (χ3n) is 4.84. The summed E-state index contributed by atoms with van der Waals surface area (Å²) in [4.78, 5) is 11.3. The molecular weight excluding hydrogens is 362 g/mol. The van der Waals surface area contributed by atoms with E-state index in [1.807, 2.05) is 11.5 Å². The van der Waals surface area contributed by atoms with Gasteiger partial charge in [-0.15, -0.1) is 10.2 Å². The summed E-state index contributed by atoms with van der Waals surface area (Å²) in [6.07, 6.45) is 1.50. The molecule has 3 heterocycles. The van der Waals surface area contributed by atoms with Gasteiger partial charge in [0.05, 0.1) is 32.9 Å². The Labute approximate surface area is 162 Å². The maximum absolute atomic E-state index is 6.22. The lowest BCUT2D eigenvalue weighted by Crippen LogP contribution is -2.40. The molecule has 2 N–H and O–H groups in total. The molecule has 1 fully saturated rings. The number of rotatable bonds is 5. The van der Waals surface area contributed by atoms with Crippen LogP contribution in [0.5, 0.6) is 11.5 Å². The first-order valence-corrected chi connectivity index (χ1v) is 9.08. The number of benzene rings is 1. The summed E-state index contributed by atoms with van der Waals surface area (Å²) >= 11 is 0. The van der Waals surface area contributed by atoms with Gasteiger partial charge in [0.2, 0.25) is 5.95 Å². The second-order valence-corrected chi connectivity index (χ2v) is 6.41. The first-order valence-electron chi connectivity index (χ1n) is 9.08. The van der Waals surface area contributed by atoms with Crippen molar-refractivity contribution >= 4 is 22.7 Å². The topological polar surface area (TPSA) is 113 Å². The predicted octanol–water partition coefficient (Wildman–Crippen LogP) is 1.42. The number of aromatic nitrogens is 5. The van der Waals surface area contributed by atoms with Gasteiger partial charge in [0.1, 0.15) is 18.2 Å². The molecule has 0 amide bonds. The number of aryl methyl sites for hydroxylation is 1. The highest BCUT2D eigenvalue weighted by Crippen LogP contribution is 2.34. The summed E-state index contributed by atoms with van der Waals surface area (Å²) in [5.74, 6) is 2.92. The van der Waals surface area contributed by atoms with Gasteiger partial charge in [-0.2, -0.15) is 4.98 Å². The van der Waals surface area contributed by atoms with Crippen molar-refractivity contribution in [3.63, 3.8) is 0 Å². The number of hydrogen-bond donors (Lipinski definition) is 1. The quantitative estimate of drug-likeness (QED) is 0.696. The Morgan fingerprint density at radius 1 is 1.21 bits per heavy atom. The van der Waals surface area contributed by atoms with Crippen LogP contribution in [0.4, 0.5) is 11.8 Å². The standard InChI is InChI=1S/C18H23N7O3/c1-4-24-10-20-23-17(24)15-9-25(5-6-28-15)18-21-12-8-14(27-3)13(26-2)7-11(12)16(19)22-18/h7-8,10,15H,4-6,9H2,1-3H3,(H2,19,21,22). The van der Waals surface area contributed by atoms with Crippen LogP contribution in [0, 0.1) is 0 Å². The molecule has 28 heavy (non-hydrogen) atoms. The molecular formula is C18H23N7O3. The molecule has 2 aromatic heterocycles. The average molecular weight is 385 g/mol. The van der Waals surface area contributed by atoms with Crippen molar-refractivity contribution in [1.29, 1.82) is 0 Å².